The van der Waals surface area contributed by atoms with Crippen LogP contribution in [0.5, 0.6) is 11.5 Å². The Kier molecular flexibility index (Phi) is 8.88. The van der Waals surface area contributed by atoms with Crippen LogP contribution in [-0.4, -0.2) is 69.2 Å². The molecule has 1 aromatic carbocycles. The molecule has 6 nitrogen and oxygen atoms in total. The third-order valence-electron chi connectivity index (χ3n) is 3.77. The molecule has 142 valence electrons. The van der Waals surface area contributed by atoms with E-state index in [-0.39, 0.29) is 29.8 Å². The smallest absolute Gasteiger partial charge is 0.387 e. The molecule has 0 saturated carbocycles. The summed E-state index contributed by atoms with van der Waals surface area (Å²) in [6.07, 6.45) is 0. The van der Waals surface area contributed by atoms with Crippen LogP contribution < -0.4 is 14.8 Å². The van der Waals surface area contributed by atoms with Crippen molar-refractivity contribution in [2.75, 3.05) is 46.9 Å². The molecular formula is C16H24ClF2N3O3. The first-order chi connectivity index (χ1) is 11.5. The number of methoxy groups -OCH3 is 1. The Morgan fingerprint density at radius 1 is 1.32 bits per heavy atom. The Morgan fingerprint density at radius 2 is 2.00 bits per heavy atom. The van der Waals surface area contributed by atoms with Gasteiger partial charge in [-0.3, -0.25) is 9.69 Å². The van der Waals surface area contributed by atoms with Gasteiger partial charge in [0.1, 0.15) is 0 Å². The number of benzene rings is 1. The molecule has 1 aliphatic heterocycles. The minimum atomic E-state index is -2.90. The van der Waals surface area contributed by atoms with Crippen LogP contribution in [0.4, 0.5) is 8.78 Å². The molecule has 1 amide bonds. The number of carbonyl (C=O) groups excluding carboxylic acids is 1. The molecule has 1 aromatic rings. The van der Waals surface area contributed by atoms with E-state index in [0.29, 0.717) is 13.1 Å². The lowest BCUT2D eigenvalue weighted by Crippen LogP contribution is -2.49. The summed E-state index contributed by atoms with van der Waals surface area (Å²) in [5.41, 5.74) is 0.851. The molecule has 9 heteroatoms. The lowest BCUT2D eigenvalue weighted by Gasteiger charge is -2.29. The quantitative estimate of drug-likeness (QED) is 0.779. The highest BCUT2D eigenvalue weighted by molar-refractivity contribution is 5.85. The second-order valence-corrected chi connectivity index (χ2v) is 5.67. The van der Waals surface area contributed by atoms with Crippen molar-refractivity contribution in [2.24, 2.45) is 0 Å². The summed E-state index contributed by atoms with van der Waals surface area (Å²) in [5.74, 6) is 0.328. The summed E-state index contributed by atoms with van der Waals surface area (Å²) in [6, 6.07) is 4.78. The SMILES string of the molecule is COc1cc(CN(C)CC(=O)N2CCNCC2)ccc1OC(F)F.Cl. The lowest BCUT2D eigenvalue weighted by molar-refractivity contribution is -0.132. The van der Waals surface area contributed by atoms with Crippen molar-refractivity contribution in [3.8, 4) is 11.5 Å². The number of nitrogens with zero attached hydrogens (tertiary/aromatic N) is 2. The average molecular weight is 380 g/mol. The second kappa shape index (κ2) is 10.4. The van der Waals surface area contributed by atoms with Crippen molar-refractivity contribution in [1.82, 2.24) is 15.1 Å². The highest BCUT2D eigenvalue weighted by Gasteiger charge is 2.18. The first kappa shape index (κ1) is 21.4. The van der Waals surface area contributed by atoms with Crippen molar-refractivity contribution in [1.29, 1.82) is 0 Å². The highest BCUT2D eigenvalue weighted by Crippen LogP contribution is 2.29. The van der Waals surface area contributed by atoms with Crippen LogP contribution in [0.15, 0.2) is 18.2 Å². The number of piperazine rings is 1. The number of rotatable bonds is 7. The van der Waals surface area contributed by atoms with E-state index in [2.05, 4.69) is 10.1 Å². The fourth-order valence-corrected chi connectivity index (χ4v) is 2.62. The van der Waals surface area contributed by atoms with Gasteiger partial charge in [0.15, 0.2) is 11.5 Å². The molecule has 1 saturated heterocycles. The van der Waals surface area contributed by atoms with E-state index in [1.54, 1.807) is 12.1 Å². The Morgan fingerprint density at radius 3 is 2.60 bits per heavy atom. The first-order valence-corrected chi connectivity index (χ1v) is 7.78. The number of carbonyl (C=O) groups is 1. The van der Waals surface area contributed by atoms with Crippen molar-refractivity contribution < 1.29 is 23.0 Å². The molecule has 2 rings (SSSR count). The van der Waals surface area contributed by atoms with Crippen molar-refractivity contribution in [3.63, 3.8) is 0 Å². The van der Waals surface area contributed by atoms with Gasteiger partial charge in [-0.15, -0.1) is 12.4 Å². The number of amides is 1. The van der Waals surface area contributed by atoms with Gasteiger partial charge in [-0.1, -0.05) is 6.07 Å². The first-order valence-electron chi connectivity index (χ1n) is 7.78. The van der Waals surface area contributed by atoms with Gasteiger partial charge in [-0.2, -0.15) is 8.78 Å². The summed E-state index contributed by atoms with van der Waals surface area (Å²) in [5, 5.41) is 3.21. The number of hydrogen-bond donors (Lipinski definition) is 1. The Labute approximate surface area is 152 Å². The molecule has 1 aliphatic rings. The van der Waals surface area contributed by atoms with Crippen LogP contribution in [0.2, 0.25) is 0 Å². The van der Waals surface area contributed by atoms with Gasteiger partial charge in [-0.05, 0) is 24.7 Å². The Balaban J connectivity index is 0.00000312. The number of ether oxygens (including phenoxy) is 2. The van der Waals surface area contributed by atoms with E-state index >= 15 is 0 Å². The van der Waals surface area contributed by atoms with Crippen molar-refractivity contribution in [2.45, 2.75) is 13.2 Å². The molecule has 0 unspecified atom stereocenters. The molecule has 0 aliphatic carbocycles. The minimum absolute atomic E-state index is 0. The zero-order chi connectivity index (χ0) is 17.5. The monoisotopic (exact) mass is 379 g/mol. The Hall–Kier alpha value is -1.64. The van der Waals surface area contributed by atoms with Crippen LogP contribution in [0.3, 0.4) is 0 Å². The van der Waals surface area contributed by atoms with Gasteiger partial charge in [0.2, 0.25) is 5.91 Å². The fourth-order valence-electron chi connectivity index (χ4n) is 2.62. The van der Waals surface area contributed by atoms with E-state index in [0.717, 1.165) is 31.7 Å². The molecule has 0 bridgehead atoms. The van der Waals surface area contributed by atoms with Gasteiger partial charge in [0, 0.05) is 32.7 Å². The maximum Gasteiger partial charge on any atom is 0.387 e. The molecule has 1 fully saturated rings. The van der Waals surface area contributed by atoms with Gasteiger partial charge in [-0.25, -0.2) is 0 Å². The molecule has 1 heterocycles. The highest BCUT2D eigenvalue weighted by atomic mass is 35.5. The van der Waals surface area contributed by atoms with Gasteiger partial charge in [0.25, 0.3) is 0 Å². The molecule has 0 radical (unpaired) electrons. The standard InChI is InChI=1S/C16H23F2N3O3.ClH/c1-20(11-15(22)21-7-5-19-6-8-21)10-12-3-4-13(24-16(17)18)14(9-12)23-2;/h3-4,9,16,19H,5-8,10-11H2,1-2H3;1H. The maximum atomic E-state index is 12.3. The largest absolute Gasteiger partial charge is 0.493 e. The molecule has 0 spiro atoms. The third kappa shape index (κ3) is 6.64. The van der Waals surface area contributed by atoms with Gasteiger partial charge < -0.3 is 19.7 Å². The molecule has 0 atom stereocenters. The molecule has 1 N–H and O–H groups in total. The van der Waals surface area contributed by atoms with E-state index in [1.165, 1.54) is 13.2 Å². The van der Waals surface area contributed by atoms with E-state index in [4.69, 9.17) is 4.74 Å². The second-order valence-electron chi connectivity index (χ2n) is 5.67. The van der Waals surface area contributed by atoms with E-state index in [9.17, 15) is 13.6 Å². The summed E-state index contributed by atoms with van der Waals surface area (Å²) < 4.78 is 34.2. The van der Waals surface area contributed by atoms with E-state index < -0.39 is 6.61 Å². The zero-order valence-electron chi connectivity index (χ0n) is 14.3. The lowest BCUT2D eigenvalue weighted by atomic mass is 10.2. The minimum Gasteiger partial charge on any atom is -0.493 e. The number of hydrogen-bond acceptors (Lipinski definition) is 5. The Bertz CT molecular complexity index is 557. The zero-order valence-corrected chi connectivity index (χ0v) is 15.2. The average Bonchev–Trinajstić information content (AvgIpc) is 2.56. The third-order valence-corrected chi connectivity index (χ3v) is 3.77. The molecule has 25 heavy (non-hydrogen) atoms. The van der Waals surface area contributed by atoms with Crippen molar-refractivity contribution in [3.05, 3.63) is 23.8 Å². The number of halogens is 3. The maximum absolute atomic E-state index is 12.3. The molecular weight excluding hydrogens is 356 g/mol. The van der Waals surface area contributed by atoms with Gasteiger partial charge in [0.05, 0.1) is 13.7 Å². The number of alkyl halides is 2. The van der Waals surface area contributed by atoms with Crippen LogP contribution in [0.1, 0.15) is 5.56 Å². The van der Waals surface area contributed by atoms with E-state index in [1.807, 2.05) is 16.8 Å². The van der Waals surface area contributed by atoms with Crippen LogP contribution >= 0.6 is 12.4 Å². The van der Waals surface area contributed by atoms with Crippen LogP contribution in [0.25, 0.3) is 0 Å². The summed E-state index contributed by atoms with van der Waals surface area (Å²) in [4.78, 5) is 15.9. The van der Waals surface area contributed by atoms with Gasteiger partial charge >= 0.3 is 6.61 Å². The normalized spacial score (nSPS) is 14.4. The fraction of sp³-hybridized carbons (Fsp3) is 0.562. The number of nitrogens with one attached hydrogen (secondary N) is 1. The van der Waals surface area contributed by atoms with Crippen LogP contribution in [-0.2, 0) is 11.3 Å². The summed E-state index contributed by atoms with van der Waals surface area (Å²) in [7, 11) is 3.24. The predicted octanol–water partition coefficient (Wildman–Crippen LogP) is 1.58. The topological polar surface area (TPSA) is 54.0 Å². The number of likely N-dealkylation sites (N-methyl/N-ethyl adjacent to an activating group) is 1. The van der Waals surface area contributed by atoms with Crippen molar-refractivity contribution >= 4 is 18.3 Å². The summed E-state index contributed by atoms with van der Waals surface area (Å²) >= 11 is 0. The molecule has 0 aromatic heterocycles. The summed E-state index contributed by atoms with van der Waals surface area (Å²) in [6.45, 7) is 0.987. The predicted molar refractivity (Wildman–Crippen MR) is 92.7 cm³/mol. The van der Waals surface area contributed by atoms with Crippen LogP contribution in [0, 0.1) is 0 Å².